The number of halogens is 1. The van der Waals surface area contributed by atoms with Gasteiger partial charge in [-0.25, -0.2) is 0 Å². The summed E-state index contributed by atoms with van der Waals surface area (Å²) < 4.78 is 3.29. The number of aromatic nitrogens is 2. The van der Waals surface area contributed by atoms with E-state index in [1.807, 2.05) is 0 Å². The topological polar surface area (TPSA) is 29.9 Å². The molecule has 3 nitrogen and oxygen atoms in total. The van der Waals surface area contributed by atoms with E-state index in [4.69, 9.17) is 0 Å². The molecule has 0 amide bonds. The fraction of sp³-hybridized carbons (Fsp3) is 0.824. The van der Waals surface area contributed by atoms with Crippen molar-refractivity contribution in [2.75, 3.05) is 6.54 Å². The molecular formula is C17H30BrN3. The van der Waals surface area contributed by atoms with E-state index in [1.165, 1.54) is 48.0 Å². The van der Waals surface area contributed by atoms with E-state index >= 15 is 0 Å². The maximum atomic E-state index is 4.65. The molecule has 120 valence electrons. The molecule has 0 bridgehead atoms. The number of nitrogens with one attached hydrogen (secondary N) is 1. The highest BCUT2D eigenvalue weighted by Crippen LogP contribution is 2.42. The second-order valence-corrected chi connectivity index (χ2v) is 7.55. The zero-order valence-electron chi connectivity index (χ0n) is 14.0. The van der Waals surface area contributed by atoms with Crippen molar-refractivity contribution < 1.29 is 0 Å². The molecule has 1 heterocycles. The first kappa shape index (κ1) is 17.0. The molecule has 1 aromatic heterocycles. The summed E-state index contributed by atoms with van der Waals surface area (Å²) in [4.78, 5) is 0. The molecule has 0 radical (unpaired) electrons. The molecule has 0 saturated heterocycles. The lowest BCUT2D eigenvalue weighted by atomic mass is 9.78. The highest BCUT2D eigenvalue weighted by atomic mass is 79.9. The Balaban J connectivity index is 2.20. The highest BCUT2D eigenvalue weighted by Gasteiger charge is 2.37. The molecule has 1 unspecified atom stereocenters. The monoisotopic (exact) mass is 355 g/mol. The van der Waals surface area contributed by atoms with Gasteiger partial charge < -0.3 is 5.32 Å². The van der Waals surface area contributed by atoms with Gasteiger partial charge in [-0.3, -0.25) is 4.68 Å². The van der Waals surface area contributed by atoms with Crippen molar-refractivity contribution in [3.05, 3.63) is 15.9 Å². The van der Waals surface area contributed by atoms with Gasteiger partial charge in [-0.15, -0.1) is 0 Å². The standard InChI is InChI=1S/C17H30BrN3/c1-5-11-19-15(17(3)9-7-8-10-17)12-14-16(18)13(6-2)20-21(14)4/h15,19H,5-12H2,1-4H3. The lowest BCUT2D eigenvalue weighted by Gasteiger charge is -2.35. The van der Waals surface area contributed by atoms with Crippen LogP contribution < -0.4 is 5.32 Å². The first-order chi connectivity index (χ1) is 10.0. The van der Waals surface area contributed by atoms with E-state index in [1.54, 1.807) is 0 Å². The molecule has 1 fully saturated rings. The predicted octanol–water partition coefficient (Wildman–Crippen LogP) is 4.24. The average Bonchev–Trinajstić information content (AvgIpc) is 3.01. The van der Waals surface area contributed by atoms with Crippen LogP contribution in [0.1, 0.15) is 64.3 Å². The van der Waals surface area contributed by atoms with E-state index in [2.05, 4.69) is 58.8 Å². The quantitative estimate of drug-likeness (QED) is 0.792. The van der Waals surface area contributed by atoms with Crippen LogP contribution in [0.2, 0.25) is 0 Å². The van der Waals surface area contributed by atoms with Crippen LogP contribution in [0.4, 0.5) is 0 Å². The third kappa shape index (κ3) is 3.70. The number of rotatable bonds is 7. The summed E-state index contributed by atoms with van der Waals surface area (Å²) >= 11 is 3.77. The van der Waals surface area contributed by atoms with Crippen LogP contribution in [-0.2, 0) is 19.9 Å². The van der Waals surface area contributed by atoms with Crippen LogP contribution in [0.3, 0.4) is 0 Å². The Morgan fingerprint density at radius 2 is 2.00 bits per heavy atom. The fourth-order valence-electron chi connectivity index (χ4n) is 3.65. The summed E-state index contributed by atoms with van der Waals surface area (Å²) in [6.45, 7) is 7.99. The smallest absolute Gasteiger partial charge is 0.0766 e. The molecule has 1 atom stereocenters. The molecule has 1 aliphatic rings. The fourth-order valence-corrected chi connectivity index (χ4v) is 4.43. The average molecular weight is 356 g/mol. The van der Waals surface area contributed by atoms with Crippen LogP contribution >= 0.6 is 15.9 Å². The van der Waals surface area contributed by atoms with Crippen molar-refractivity contribution in [3.8, 4) is 0 Å². The SMILES string of the molecule is CCCNC(Cc1c(Br)c(CC)nn1C)C1(C)CCCC1. The van der Waals surface area contributed by atoms with Crippen molar-refractivity contribution >= 4 is 15.9 Å². The van der Waals surface area contributed by atoms with Gasteiger partial charge in [0.25, 0.3) is 0 Å². The molecule has 2 rings (SSSR count). The lowest BCUT2D eigenvalue weighted by Crippen LogP contribution is -2.44. The molecule has 1 aromatic rings. The van der Waals surface area contributed by atoms with Crippen molar-refractivity contribution in [2.24, 2.45) is 12.5 Å². The zero-order valence-corrected chi connectivity index (χ0v) is 15.6. The van der Waals surface area contributed by atoms with Crippen LogP contribution in [0.5, 0.6) is 0 Å². The molecule has 1 N–H and O–H groups in total. The molecule has 0 aromatic carbocycles. The molecule has 1 aliphatic carbocycles. The van der Waals surface area contributed by atoms with Gasteiger partial charge in [0, 0.05) is 19.5 Å². The Kier molecular flexibility index (Phi) is 5.89. The van der Waals surface area contributed by atoms with Gasteiger partial charge in [0.2, 0.25) is 0 Å². The van der Waals surface area contributed by atoms with Crippen LogP contribution in [0.15, 0.2) is 4.47 Å². The van der Waals surface area contributed by atoms with Crippen LogP contribution in [-0.4, -0.2) is 22.4 Å². The van der Waals surface area contributed by atoms with Gasteiger partial charge in [-0.05, 0) is 53.6 Å². The third-order valence-electron chi connectivity index (χ3n) is 5.13. The second kappa shape index (κ2) is 7.28. The Bertz CT molecular complexity index is 461. The molecule has 0 aliphatic heterocycles. The van der Waals surface area contributed by atoms with E-state index in [-0.39, 0.29) is 0 Å². The maximum absolute atomic E-state index is 4.65. The number of aryl methyl sites for hydroxylation is 2. The minimum Gasteiger partial charge on any atom is -0.313 e. The van der Waals surface area contributed by atoms with E-state index < -0.39 is 0 Å². The van der Waals surface area contributed by atoms with Crippen LogP contribution in [0.25, 0.3) is 0 Å². The largest absolute Gasteiger partial charge is 0.313 e. The van der Waals surface area contributed by atoms with Crippen molar-refractivity contribution in [2.45, 2.75) is 71.8 Å². The zero-order chi connectivity index (χ0) is 15.5. The Morgan fingerprint density at radius 3 is 2.52 bits per heavy atom. The van der Waals surface area contributed by atoms with Gasteiger partial charge in [0.15, 0.2) is 0 Å². The Labute approximate surface area is 138 Å². The van der Waals surface area contributed by atoms with Gasteiger partial charge in [0.05, 0.1) is 15.9 Å². The molecule has 21 heavy (non-hydrogen) atoms. The summed E-state index contributed by atoms with van der Waals surface area (Å²) in [5.74, 6) is 0. The van der Waals surface area contributed by atoms with Gasteiger partial charge in [-0.1, -0.05) is 33.6 Å². The number of hydrogen-bond acceptors (Lipinski definition) is 2. The summed E-state index contributed by atoms with van der Waals surface area (Å²) in [7, 11) is 2.08. The van der Waals surface area contributed by atoms with Crippen molar-refractivity contribution in [1.82, 2.24) is 15.1 Å². The molecule has 1 saturated carbocycles. The normalized spacial score (nSPS) is 19.1. The Morgan fingerprint density at radius 1 is 1.33 bits per heavy atom. The van der Waals surface area contributed by atoms with Crippen LogP contribution in [0, 0.1) is 5.41 Å². The van der Waals surface area contributed by atoms with E-state index in [0.29, 0.717) is 11.5 Å². The highest BCUT2D eigenvalue weighted by molar-refractivity contribution is 9.10. The lowest BCUT2D eigenvalue weighted by molar-refractivity contribution is 0.217. The molecule has 4 heteroatoms. The first-order valence-corrected chi connectivity index (χ1v) is 9.24. The van der Waals surface area contributed by atoms with Crippen molar-refractivity contribution in [1.29, 1.82) is 0 Å². The van der Waals surface area contributed by atoms with Gasteiger partial charge in [-0.2, -0.15) is 5.10 Å². The second-order valence-electron chi connectivity index (χ2n) is 6.76. The van der Waals surface area contributed by atoms with Gasteiger partial charge >= 0.3 is 0 Å². The molecular weight excluding hydrogens is 326 g/mol. The van der Waals surface area contributed by atoms with E-state index in [9.17, 15) is 0 Å². The summed E-state index contributed by atoms with van der Waals surface area (Å²) in [6.07, 6.45) is 8.72. The Hall–Kier alpha value is -0.350. The predicted molar refractivity (Wildman–Crippen MR) is 92.6 cm³/mol. The summed E-state index contributed by atoms with van der Waals surface area (Å²) in [5.41, 5.74) is 2.96. The minimum atomic E-state index is 0.436. The number of nitrogens with zero attached hydrogens (tertiary/aromatic N) is 2. The molecule has 0 spiro atoms. The van der Waals surface area contributed by atoms with Gasteiger partial charge in [0.1, 0.15) is 0 Å². The van der Waals surface area contributed by atoms with Crippen molar-refractivity contribution in [3.63, 3.8) is 0 Å². The van der Waals surface area contributed by atoms with E-state index in [0.717, 1.165) is 19.4 Å². The summed E-state index contributed by atoms with van der Waals surface area (Å²) in [6, 6.07) is 0.552. The third-order valence-corrected chi connectivity index (χ3v) is 6.04. The maximum Gasteiger partial charge on any atom is 0.0766 e. The number of hydrogen-bond donors (Lipinski definition) is 1. The minimum absolute atomic E-state index is 0.436. The summed E-state index contributed by atoms with van der Waals surface area (Å²) in [5, 5.41) is 8.47. The first-order valence-electron chi connectivity index (χ1n) is 8.45.